The van der Waals surface area contributed by atoms with Crippen molar-refractivity contribution in [2.45, 2.75) is 13.5 Å². The highest BCUT2D eigenvalue weighted by Gasteiger charge is 2.12. The van der Waals surface area contributed by atoms with Crippen LogP contribution in [-0.2, 0) is 6.54 Å². The van der Waals surface area contributed by atoms with E-state index in [2.05, 4.69) is 72.6 Å². The molecule has 4 rings (SSSR count). The summed E-state index contributed by atoms with van der Waals surface area (Å²) in [5.41, 5.74) is 6.44. The summed E-state index contributed by atoms with van der Waals surface area (Å²) in [7, 11) is 2.07. The van der Waals surface area contributed by atoms with Crippen molar-refractivity contribution in [3.63, 3.8) is 0 Å². The molecule has 0 unspecified atom stereocenters. The summed E-state index contributed by atoms with van der Waals surface area (Å²) >= 11 is 0. The number of aromatic hydroxyl groups is 1. The number of hydrogen-bond acceptors (Lipinski definition) is 3. The zero-order valence-electron chi connectivity index (χ0n) is 16.7. The molecule has 0 aliphatic heterocycles. The monoisotopic (exact) mass is 380 g/mol. The van der Waals surface area contributed by atoms with Crippen molar-refractivity contribution < 1.29 is 5.11 Å². The fraction of sp³-hybridized carbons (Fsp3) is 0.115. The molecule has 1 aromatic heterocycles. The van der Waals surface area contributed by atoms with Crippen LogP contribution >= 0.6 is 0 Å². The second-order valence-corrected chi connectivity index (χ2v) is 7.31. The maximum atomic E-state index is 9.80. The van der Waals surface area contributed by atoms with E-state index in [1.54, 1.807) is 12.1 Å². The van der Waals surface area contributed by atoms with Gasteiger partial charge < -0.3 is 10.0 Å². The Morgan fingerprint density at radius 3 is 2.17 bits per heavy atom. The van der Waals surface area contributed by atoms with Gasteiger partial charge in [0.2, 0.25) is 0 Å². The molecule has 29 heavy (non-hydrogen) atoms. The third kappa shape index (κ3) is 4.30. The van der Waals surface area contributed by atoms with Crippen LogP contribution in [0.2, 0.25) is 0 Å². The van der Waals surface area contributed by atoms with Crippen LogP contribution in [0, 0.1) is 6.92 Å². The van der Waals surface area contributed by atoms with Crippen molar-refractivity contribution in [3.05, 3.63) is 102 Å². The number of phenols is 1. The van der Waals surface area contributed by atoms with E-state index < -0.39 is 0 Å². The molecule has 4 aromatic rings. The predicted molar refractivity (Wildman–Crippen MR) is 120 cm³/mol. The lowest BCUT2D eigenvalue weighted by Crippen LogP contribution is -2.18. The van der Waals surface area contributed by atoms with E-state index in [1.165, 1.54) is 5.56 Å². The molecule has 0 aliphatic carbocycles. The first kappa shape index (κ1) is 18.8. The van der Waals surface area contributed by atoms with Crippen LogP contribution in [0.4, 0.5) is 5.82 Å². The fourth-order valence-electron chi connectivity index (χ4n) is 3.52. The number of aryl methyl sites for hydroxylation is 1. The van der Waals surface area contributed by atoms with Crippen molar-refractivity contribution in [1.29, 1.82) is 0 Å². The summed E-state index contributed by atoms with van der Waals surface area (Å²) in [6, 6.07) is 30.4. The summed E-state index contributed by atoms with van der Waals surface area (Å²) in [6.45, 7) is 2.78. The van der Waals surface area contributed by atoms with Crippen molar-refractivity contribution in [2.24, 2.45) is 0 Å². The minimum Gasteiger partial charge on any atom is -0.508 e. The minimum absolute atomic E-state index is 0.270. The van der Waals surface area contributed by atoms with Gasteiger partial charge in [0.1, 0.15) is 11.6 Å². The number of aromatic nitrogens is 1. The summed E-state index contributed by atoms with van der Waals surface area (Å²) in [5, 5.41) is 9.80. The topological polar surface area (TPSA) is 36.4 Å². The van der Waals surface area contributed by atoms with Crippen LogP contribution in [0.25, 0.3) is 22.4 Å². The maximum Gasteiger partial charge on any atom is 0.129 e. The summed E-state index contributed by atoms with van der Waals surface area (Å²) in [5.74, 6) is 1.18. The molecule has 0 saturated carbocycles. The first-order valence-electron chi connectivity index (χ1n) is 9.73. The van der Waals surface area contributed by atoms with Crippen LogP contribution in [0.5, 0.6) is 5.75 Å². The van der Waals surface area contributed by atoms with Crippen LogP contribution in [0.1, 0.15) is 11.1 Å². The van der Waals surface area contributed by atoms with Gasteiger partial charge >= 0.3 is 0 Å². The Morgan fingerprint density at radius 2 is 1.48 bits per heavy atom. The van der Waals surface area contributed by atoms with Crippen LogP contribution in [-0.4, -0.2) is 17.1 Å². The van der Waals surface area contributed by atoms with Gasteiger partial charge in [-0.25, -0.2) is 4.98 Å². The number of hydrogen-bond donors (Lipinski definition) is 1. The number of rotatable bonds is 5. The van der Waals surface area contributed by atoms with Gasteiger partial charge in [0.15, 0.2) is 0 Å². The highest BCUT2D eigenvalue weighted by atomic mass is 16.3. The first-order chi connectivity index (χ1) is 14.1. The predicted octanol–water partition coefficient (Wildman–Crippen LogP) is 6.07. The highest BCUT2D eigenvalue weighted by molar-refractivity contribution is 5.75. The Morgan fingerprint density at radius 1 is 0.793 bits per heavy atom. The fourth-order valence-corrected chi connectivity index (χ4v) is 3.52. The van der Waals surface area contributed by atoms with Gasteiger partial charge in [-0.1, -0.05) is 60.7 Å². The van der Waals surface area contributed by atoms with Crippen LogP contribution in [0.15, 0.2) is 91.0 Å². The van der Waals surface area contributed by atoms with E-state index in [1.807, 2.05) is 25.1 Å². The smallest absolute Gasteiger partial charge is 0.129 e. The SMILES string of the molecule is Cc1cc(O)ccc1-c1cc(-c2ccccc2)cc(N(C)Cc2ccccc2)n1. The molecule has 3 heteroatoms. The number of nitrogens with zero attached hydrogens (tertiary/aromatic N) is 2. The Kier molecular flexibility index (Phi) is 5.30. The highest BCUT2D eigenvalue weighted by Crippen LogP contribution is 2.32. The molecule has 0 atom stereocenters. The average molecular weight is 380 g/mol. The molecule has 144 valence electrons. The van der Waals surface area contributed by atoms with Gasteiger partial charge in [-0.15, -0.1) is 0 Å². The van der Waals surface area contributed by atoms with Crippen molar-refractivity contribution in [1.82, 2.24) is 4.98 Å². The number of anilines is 1. The van der Waals surface area contributed by atoms with E-state index in [0.717, 1.165) is 40.3 Å². The zero-order valence-corrected chi connectivity index (χ0v) is 16.7. The molecule has 1 N–H and O–H groups in total. The summed E-state index contributed by atoms with van der Waals surface area (Å²) < 4.78 is 0. The molecule has 0 fully saturated rings. The Hall–Kier alpha value is -3.59. The van der Waals surface area contributed by atoms with Gasteiger partial charge in [-0.2, -0.15) is 0 Å². The summed E-state index contributed by atoms with van der Waals surface area (Å²) in [6.07, 6.45) is 0. The van der Waals surface area contributed by atoms with E-state index in [9.17, 15) is 5.11 Å². The lowest BCUT2D eigenvalue weighted by molar-refractivity contribution is 0.475. The normalized spacial score (nSPS) is 10.7. The third-order valence-corrected chi connectivity index (χ3v) is 5.06. The van der Waals surface area contributed by atoms with E-state index in [-0.39, 0.29) is 5.75 Å². The Labute approximate surface area is 171 Å². The number of phenolic OH excluding ortho intramolecular Hbond substituents is 1. The maximum absolute atomic E-state index is 9.80. The van der Waals surface area contributed by atoms with Crippen molar-refractivity contribution in [2.75, 3.05) is 11.9 Å². The molecular weight excluding hydrogens is 356 g/mol. The Balaban J connectivity index is 1.80. The van der Waals surface area contributed by atoms with E-state index in [4.69, 9.17) is 4.98 Å². The molecular formula is C26H24N2O. The molecule has 1 heterocycles. The van der Waals surface area contributed by atoms with Crippen LogP contribution in [0.3, 0.4) is 0 Å². The zero-order chi connectivity index (χ0) is 20.2. The summed E-state index contributed by atoms with van der Waals surface area (Å²) in [4.78, 5) is 7.13. The quantitative estimate of drug-likeness (QED) is 0.457. The lowest BCUT2D eigenvalue weighted by atomic mass is 10.00. The van der Waals surface area contributed by atoms with Gasteiger partial charge in [-0.3, -0.25) is 0 Å². The minimum atomic E-state index is 0.270. The van der Waals surface area contributed by atoms with E-state index >= 15 is 0 Å². The molecule has 0 radical (unpaired) electrons. The molecule has 0 aliphatic rings. The molecule has 0 bridgehead atoms. The second kappa shape index (κ2) is 8.19. The van der Waals surface area contributed by atoms with Crippen molar-refractivity contribution in [3.8, 4) is 28.1 Å². The Bertz CT molecular complexity index is 1110. The average Bonchev–Trinajstić information content (AvgIpc) is 2.75. The third-order valence-electron chi connectivity index (χ3n) is 5.06. The molecule has 3 nitrogen and oxygen atoms in total. The van der Waals surface area contributed by atoms with Crippen LogP contribution < -0.4 is 4.90 Å². The number of pyridine rings is 1. The number of benzene rings is 3. The lowest BCUT2D eigenvalue weighted by Gasteiger charge is -2.21. The van der Waals surface area contributed by atoms with Gasteiger partial charge in [-0.05, 0) is 59.5 Å². The van der Waals surface area contributed by atoms with Gasteiger partial charge in [0.25, 0.3) is 0 Å². The molecule has 0 saturated heterocycles. The molecule has 0 amide bonds. The largest absolute Gasteiger partial charge is 0.508 e. The molecule has 0 spiro atoms. The van der Waals surface area contributed by atoms with Gasteiger partial charge in [0.05, 0.1) is 5.69 Å². The first-order valence-corrected chi connectivity index (χ1v) is 9.73. The van der Waals surface area contributed by atoms with Crippen molar-refractivity contribution >= 4 is 5.82 Å². The van der Waals surface area contributed by atoms with E-state index in [0.29, 0.717) is 0 Å². The second-order valence-electron chi connectivity index (χ2n) is 7.31. The molecule has 3 aromatic carbocycles. The van der Waals surface area contributed by atoms with Gasteiger partial charge in [0, 0.05) is 19.2 Å². The standard InChI is InChI=1S/C26H24N2O/c1-19-15-23(29)13-14-24(19)25-16-22(21-11-7-4-8-12-21)17-26(27-25)28(2)18-20-9-5-3-6-10-20/h3-17,29H,18H2,1-2H3.